The molecule has 0 saturated carbocycles. The van der Waals surface area contributed by atoms with Crippen LogP contribution in [0.25, 0.3) is 0 Å². The molecule has 0 aliphatic heterocycles. The van der Waals surface area contributed by atoms with E-state index < -0.39 is 0 Å². The van der Waals surface area contributed by atoms with E-state index in [9.17, 15) is 0 Å². The number of rotatable bonds is 4. The van der Waals surface area contributed by atoms with E-state index in [1.54, 1.807) is 11.8 Å². The molecule has 2 aromatic rings. The second kappa shape index (κ2) is 6.42. The third-order valence-corrected chi connectivity index (χ3v) is 4.00. The lowest BCUT2D eigenvalue weighted by Crippen LogP contribution is -2.04. The molecule has 0 radical (unpaired) electrons. The molecule has 0 amide bonds. The monoisotopic (exact) mass is 268 g/mol. The van der Waals surface area contributed by atoms with Crippen molar-refractivity contribution in [3.63, 3.8) is 0 Å². The first-order chi connectivity index (χ1) is 9.20. The van der Waals surface area contributed by atoms with Crippen LogP contribution >= 0.6 is 11.8 Å². The fourth-order valence-electron chi connectivity index (χ4n) is 1.78. The van der Waals surface area contributed by atoms with Gasteiger partial charge in [0.2, 0.25) is 0 Å². The first-order valence-corrected chi connectivity index (χ1v) is 7.15. The van der Waals surface area contributed by atoms with E-state index in [4.69, 9.17) is 11.0 Å². The summed E-state index contributed by atoms with van der Waals surface area (Å²) in [6, 6.07) is 18.3. The first-order valence-electron chi connectivity index (χ1n) is 6.17. The van der Waals surface area contributed by atoms with E-state index in [0.29, 0.717) is 0 Å². The van der Waals surface area contributed by atoms with Crippen LogP contribution in [-0.4, -0.2) is 0 Å². The molecule has 2 nitrogen and oxygen atoms in total. The average molecular weight is 268 g/mol. The van der Waals surface area contributed by atoms with Gasteiger partial charge in [0.1, 0.15) is 0 Å². The van der Waals surface area contributed by atoms with E-state index in [1.807, 2.05) is 31.2 Å². The Kier molecular flexibility index (Phi) is 4.62. The fraction of sp³-hybridized carbons (Fsp3) is 0.188. The van der Waals surface area contributed by atoms with Gasteiger partial charge in [0.05, 0.1) is 11.6 Å². The highest BCUT2D eigenvalue weighted by Gasteiger charge is 2.03. The summed E-state index contributed by atoms with van der Waals surface area (Å²) < 4.78 is 0. The van der Waals surface area contributed by atoms with E-state index in [1.165, 1.54) is 4.90 Å². The Balaban J connectivity index is 2.04. The number of hydrogen-bond donors (Lipinski definition) is 1. The number of benzene rings is 2. The summed E-state index contributed by atoms with van der Waals surface area (Å²) in [6.45, 7) is 1.98. The minimum absolute atomic E-state index is 0.0679. The van der Waals surface area contributed by atoms with Crippen LogP contribution in [0.2, 0.25) is 0 Å². The standard InChI is InChI=1S/C16H16N2S/c1-12(18)13-6-8-16(9-7-13)19-11-15-5-3-2-4-14(15)10-17/h2-9,12H,11,18H2,1H3. The largest absolute Gasteiger partial charge is 0.324 e. The summed E-state index contributed by atoms with van der Waals surface area (Å²) in [5.74, 6) is 0.807. The van der Waals surface area contributed by atoms with Crippen molar-refractivity contribution in [1.82, 2.24) is 0 Å². The smallest absolute Gasteiger partial charge is 0.0994 e. The predicted molar refractivity (Wildman–Crippen MR) is 79.8 cm³/mol. The molecule has 2 aromatic carbocycles. The van der Waals surface area contributed by atoms with Gasteiger partial charge in [-0.1, -0.05) is 30.3 Å². The number of hydrogen-bond acceptors (Lipinski definition) is 3. The van der Waals surface area contributed by atoms with E-state index >= 15 is 0 Å². The molecule has 0 bridgehead atoms. The number of thioether (sulfide) groups is 1. The molecule has 0 aliphatic rings. The van der Waals surface area contributed by atoms with Gasteiger partial charge < -0.3 is 5.73 Å². The minimum atomic E-state index is 0.0679. The van der Waals surface area contributed by atoms with Crippen LogP contribution < -0.4 is 5.73 Å². The quantitative estimate of drug-likeness (QED) is 0.856. The molecular formula is C16H16N2S. The Hall–Kier alpha value is -1.76. The normalized spacial score (nSPS) is 11.8. The van der Waals surface area contributed by atoms with Crippen LogP contribution in [0.5, 0.6) is 0 Å². The maximum absolute atomic E-state index is 9.04. The molecule has 3 heteroatoms. The third kappa shape index (κ3) is 3.60. The summed E-state index contributed by atoms with van der Waals surface area (Å²) in [4.78, 5) is 1.19. The summed E-state index contributed by atoms with van der Waals surface area (Å²) in [5.41, 5.74) is 8.79. The van der Waals surface area contributed by atoms with Gasteiger partial charge in [0, 0.05) is 16.7 Å². The maximum atomic E-state index is 9.04. The van der Waals surface area contributed by atoms with E-state index in [-0.39, 0.29) is 6.04 Å². The van der Waals surface area contributed by atoms with Crippen molar-refractivity contribution in [3.05, 3.63) is 65.2 Å². The number of nitriles is 1. The molecule has 2 rings (SSSR count). The Morgan fingerprint density at radius 2 is 1.84 bits per heavy atom. The van der Waals surface area contributed by atoms with Crippen molar-refractivity contribution >= 4 is 11.8 Å². The highest BCUT2D eigenvalue weighted by atomic mass is 32.2. The second-order valence-corrected chi connectivity index (χ2v) is 5.46. The van der Waals surface area contributed by atoms with Gasteiger partial charge in [-0.05, 0) is 36.2 Å². The van der Waals surface area contributed by atoms with E-state index in [2.05, 4.69) is 30.3 Å². The van der Waals surface area contributed by atoms with Crippen LogP contribution in [0.4, 0.5) is 0 Å². The summed E-state index contributed by atoms with van der Waals surface area (Å²) in [7, 11) is 0. The molecule has 0 aromatic heterocycles. The van der Waals surface area contributed by atoms with Gasteiger partial charge in [-0.3, -0.25) is 0 Å². The Labute approximate surface area is 118 Å². The van der Waals surface area contributed by atoms with Gasteiger partial charge in [-0.25, -0.2) is 0 Å². The van der Waals surface area contributed by atoms with Gasteiger partial charge in [0.15, 0.2) is 0 Å². The van der Waals surface area contributed by atoms with Crippen molar-refractivity contribution in [1.29, 1.82) is 5.26 Å². The lowest BCUT2D eigenvalue weighted by molar-refractivity contribution is 0.817. The van der Waals surface area contributed by atoms with Crippen molar-refractivity contribution in [2.45, 2.75) is 23.6 Å². The van der Waals surface area contributed by atoms with Gasteiger partial charge in [0.25, 0.3) is 0 Å². The Bertz CT molecular complexity index is 582. The Morgan fingerprint density at radius 1 is 1.16 bits per heavy atom. The van der Waals surface area contributed by atoms with Gasteiger partial charge >= 0.3 is 0 Å². The van der Waals surface area contributed by atoms with Crippen LogP contribution in [0.15, 0.2) is 53.4 Å². The predicted octanol–water partition coefficient (Wildman–Crippen LogP) is 3.87. The summed E-state index contributed by atoms with van der Waals surface area (Å²) >= 11 is 1.73. The highest BCUT2D eigenvalue weighted by molar-refractivity contribution is 7.98. The zero-order valence-corrected chi connectivity index (χ0v) is 11.7. The molecule has 0 aliphatic carbocycles. The summed E-state index contributed by atoms with van der Waals surface area (Å²) in [6.07, 6.45) is 0. The molecular weight excluding hydrogens is 252 g/mol. The second-order valence-electron chi connectivity index (χ2n) is 4.42. The van der Waals surface area contributed by atoms with Crippen molar-refractivity contribution in [2.75, 3.05) is 0 Å². The molecule has 0 fully saturated rings. The van der Waals surface area contributed by atoms with Crippen LogP contribution in [0.3, 0.4) is 0 Å². The topological polar surface area (TPSA) is 49.8 Å². The van der Waals surface area contributed by atoms with Crippen molar-refractivity contribution in [2.24, 2.45) is 5.73 Å². The molecule has 0 spiro atoms. The molecule has 0 heterocycles. The molecule has 96 valence electrons. The first kappa shape index (κ1) is 13.7. The molecule has 0 saturated heterocycles. The van der Waals surface area contributed by atoms with Crippen LogP contribution in [0, 0.1) is 11.3 Å². The Morgan fingerprint density at radius 3 is 2.47 bits per heavy atom. The third-order valence-electron chi connectivity index (χ3n) is 2.94. The van der Waals surface area contributed by atoms with Crippen LogP contribution in [0.1, 0.15) is 29.7 Å². The zero-order chi connectivity index (χ0) is 13.7. The van der Waals surface area contributed by atoms with Crippen LogP contribution in [-0.2, 0) is 5.75 Å². The molecule has 1 unspecified atom stereocenters. The van der Waals surface area contributed by atoms with Crippen molar-refractivity contribution < 1.29 is 0 Å². The average Bonchev–Trinajstić information content (AvgIpc) is 2.45. The minimum Gasteiger partial charge on any atom is -0.324 e. The molecule has 19 heavy (non-hydrogen) atoms. The van der Waals surface area contributed by atoms with Gasteiger partial charge in [-0.2, -0.15) is 5.26 Å². The highest BCUT2D eigenvalue weighted by Crippen LogP contribution is 2.25. The number of nitrogens with two attached hydrogens (primary N) is 1. The summed E-state index contributed by atoms with van der Waals surface area (Å²) in [5, 5.41) is 9.04. The SMILES string of the molecule is CC(N)c1ccc(SCc2ccccc2C#N)cc1. The number of nitrogens with zero attached hydrogens (tertiary/aromatic N) is 1. The van der Waals surface area contributed by atoms with E-state index in [0.717, 1.165) is 22.4 Å². The molecule has 1 atom stereocenters. The zero-order valence-electron chi connectivity index (χ0n) is 10.8. The van der Waals surface area contributed by atoms with Gasteiger partial charge in [-0.15, -0.1) is 11.8 Å². The lowest BCUT2D eigenvalue weighted by atomic mass is 10.1. The molecule has 2 N–H and O–H groups in total. The lowest BCUT2D eigenvalue weighted by Gasteiger charge is -2.07. The fourth-order valence-corrected chi connectivity index (χ4v) is 2.69. The van der Waals surface area contributed by atoms with Crippen molar-refractivity contribution in [3.8, 4) is 6.07 Å². The maximum Gasteiger partial charge on any atom is 0.0994 e.